The van der Waals surface area contributed by atoms with Gasteiger partial charge in [-0.3, -0.25) is 4.79 Å². The Balaban J connectivity index is 1.90. The highest BCUT2D eigenvalue weighted by Crippen LogP contribution is 2.37. The molecule has 0 unspecified atom stereocenters. The standard InChI is InChI=1S/C14H9BrClNO3/c15-9-6-13-12(19-7-20-13)5-8(9)14(18)17-11-4-2-1-3-10(11)16/h1-6H,7H2,(H,17,18). The maximum atomic E-state index is 12.3. The van der Waals surface area contributed by atoms with Crippen LogP contribution in [0.2, 0.25) is 5.02 Å². The molecule has 0 aromatic heterocycles. The zero-order chi connectivity index (χ0) is 14.1. The molecule has 6 heteroatoms. The predicted octanol–water partition coefficient (Wildman–Crippen LogP) is 4.08. The van der Waals surface area contributed by atoms with E-state index >= 15 is 0 Å². The second kappa shape index (κ2) is 5.34. The Morgan fingerprint density at radius 2 is 1.90 bits per heavy atom. The van der Waals surface area contributed by atoms with E-state index in [0.717, 1.165) is 0 Å². The summed E-state index contributed by atoms with van der Waals surface area (Å²) in [5, 5.41) is 3.25. The van der Waals surface area contributed by atoms with Crippen molar-refractivity contribution in [2.75, 3.05) is 12.1 Å². The fraction of sp³-hybridized carbons (Fsp3) is 0.0714. The van der Waals surface area contributed by atoms with Crippen molar-refractivity contribution in [3.63, 3.8) is 0 Å². The van der Waals surface area contributed by atoms with Crippen LogP contribution in [0, 0.1) is 0 Å². The summed E-state index contributed by atoms with van der Waals surface area (Å²) < 4.78 is 11.1. The minimum Gasteiger partial charge on any atom is -0.454 e. The summed E-state index contributed by atoms with van der Waals surface area (Å²) in [6.07, 6.45) is 0. The first kappa shape index (κ1) is 13.3. The van der Waals surface area contributed by atoms with Gasteiger partial charge in [-0.05, 0) is 40.2 Å². The molecule has 4 nitrogen and oxygen atoms in total. The molecule has 3 rings (SSSR count). The number of benzene rings is 2. The number of ether oxygens (including phenoxy) is 2. The zero-order valence-corrected chi connectivity index (χ0v) is 12.5. The average molecular weight is 355 g/mol. The molecule has 0 aliphatic carbocycles. The van der Waals surface area contributed by atoms with E-state index in [1.54, 1.807) is 36.4 Å². The lowest BCUT2D eigenvalue weighted by Gasteiger charge is -2.09. The minimum atomic E-state index is -0.275. The number of fused-ring (bicyclic) bond motifs is 1. The summed E-state index contributed by atoms with van der Waals surface area (Å²) in [7, 11) is 0. The van der Waals surface area contributed by atoms with E-state index in [-0.39, 0.29) is 12.7 Å². The molecule has 2 aromatic rings. The average Bonchev–Trinajstić information content (AvgIpc) is 2.87. The Morgan fingerprint density at radius 1 is 1.20 bits per heavy atom. The molecular weight excluding hydrogens is 346 g/mol. The van der Waals surface area contributed by atoms with Crippen LogP contribution in [0.25, 0.3) is 0 Å². The van der Waals surface area contributed by atoms with Gasteiger partial charge in [0.25, 0.3) is 5.91 Å². The quantitative estimate of drug-likeness (QED) is 0.884. The largest absolute Gasteiger partial charge is 0.454 e. The van der Waals surface area contributed by atoms with Gasteiger partial charge in [-0.2, -0.15) is 0 Å². The van der Waals surface area contributed by atoms with Crippen molar-refractivity contribution in [3.8, 4) is 11.5 Å². The molecule has 0 radical (unpaired) electrons. The lowest BCUT2D eigenvalue weighted by molar-refractivity contribution is 0.102. The maximum absolute atomic E-state index is 12.3. The van der Waals surface area contributed by atoms with Crippen molar-refractivity contribution >= 4 is 39.1 Å². The van der Waals surface area contributed by atoms with Gasteiger partial charge in [0.05, 0.1) is 16.3 Å². The molecule has 1 aliphatic rings. The number of halogens is 2. The number of hydrogen-bond acceptors (Lipinski definition) is 3. The van der Waals surface area contributed by atoms with E-state index in [9.17, 15) is 4.79 Å². The lowest BCUT2D eigenvalue weighted by atomic mass is 10.2. The Labute approximate surface area is 128 Å². The Morgan fingerprint density at radius 3 is 2.65 bits per heavy atom. The molecule has 1 N–H and O–H groups in total. The van der Waals surface area contributed by atoms with Crippen molar-refractivity contribution in [2.45, 2.75) is 0 Å². The number of carbonyl (C=O) groups is 1. The smallest absolute Gasteiger partial charge is 0.256 e. The number of anilines is 1. The van der Waals surface area contributed by atoms with E-state index in [4.69, 9.17) is 21.1 Å². The van der Waals surface area contributed by atoms with Crippen molar-refractivity contribution in [1.82, 2.24) is 0 Å². The highest BCUT2D eigenvalue weighted by Gasteiger charge is 2.20. The van der Waals surface area contributed by atoms with Gasteiger partial charge in [0, 0.05) is 4.47 Å². The summed E-state index contributed by atoms with van der Waals surface area (Å²) in [6.45, 7) is 0.164. The van der Waals surface area contributed by atoms with Crippen molar-refractivity contribution in [2.24, 2.45) is 0 Å². The van der Waals surface area contributed by atoms with Crippen LogP contribution in [-0.4, -0.2) is 12.7 Å². The predicted molar refractivity (Wildman–Crippen MR) is 79.7 cm³/mol. The van der Waals surface area contributed by atoms with Crippen molar-refractivity contribution < 1.29 is 14.3 Å². The first-order valence-electron chi connectivity index (χ1n) is 5.80. The second-order valence-electron chi connectivity index (χ2n) is 4.12. The molecule has 1 heterocycles. The number of hydrogen-bond donors (Lipinski definition) is 1. The molecule has 0 atom stereocenters. The fourth-order valence-corrected chi connectivity index (χ4v) is 2.53. The maximum Gasteiger partial charge on any atom is 0.256 e. The number of amides is 1. The normalized spacial score (nSPS) is 12.3. The summed E-state index contributed by atoms with van der Waals surface area (Å²) in [4.78, 5) is 12.3. The molecule has 1 amide bonds. The van der Waals surface area contributed by atoms with Crippen molar-refractivity contribution in [1.29, 1.82) is 0 Å². The van der Waals surface area contributed by atoms with Gasteiger partial charge in [0.2, 0.25) is 6.79 Å². The third kappa shape index (κ3) is 2.46. The Bertz CT molecular complexity index is 690. The van der Waals surface area contributed by atoms with Crippen LogP contribution in [0.1, 0.15) is 10.4 Å². The van der Waals surface area contributed by atoms with E-state index in [1.807, 2.05) is 0 Å². The minimum absolute atomic E-state index is 0.164. The molecule has 1 aliphatic heterocycles. The Hall–Kier alpha value is -1.72. The van der Waals surface area contributed by atoms with Gasteiger partial charge in [-0.15, -0.1) is 0 Å². The topological polar surface area (TPSA) is 47.6 Å². The lowest BCUT2D eigenvalue weighted by Crippen LogP contribution is -2.12. The van der Waals surface area contributed by atoms with Gasteiger partial charge in [-0.1, -0.05) is 23.7 Å². The van der Waals surface area contributed by atoms with Gasteiger partial charge in [0.1, 0.15) is 0 Å². The van der Waals surface area contributed by atoms with Crippen LogP contribution in [-0.2, 0) is 0 Å². The van der Waals surface area contributed by atoms with Gasteiger partial charge in [0.15, 0.2) is 11.5 Å². The molecule has 2 aromatic carbocycles. The second-order valence-corrected chi connectivity index (χ2v) is 5.38. The molecule has 0 saturated carbocycles. The Kier molecular flexibility index (Phi) is 3.54. The molecule has 102 valence electrons. The highest BCUT2D eigenvalue weighted by molar-refractivity contribution is 9.10. The van der Waals surface area contributed by atoms with Crippen LogP contribution in [0.5, 0.6) is 11.5 Å². The SMILES string of the molecule is O=C(Nc1ccccc1Cl)c1cc2c(cc1Br)OCO2. The molecular formula is C14H9BrClNO3. The summed E-state index contributed by atoms with van der Waals surface area (Å²) >= 11 is 9.37. The van der Waals surface area contributed by atoms with Crippen LogP contribution in [0.15, 0.2) is 40.9 Å². The van der Waals surface area contributed by atoms with Crippen LogP contribution in [0.4, 0.5) is 5.69 Å². The first-order valence-corrected chi connectivity index (χ1v) is 6.97. The number of para-hydroxylation sites is 1. The van der Waals surface area contributed by atoms with Crippen LogP contribution >= 0.6 is 27.5 Å². The zero-order valence-electron chi connectivity index (χ0n) is 10.2. The van der Waals surface area contributed by atoms with Crippen LogP contribution < -0.4 is 14.8 Å². The first-order chi connectivity index (χ1) is 9.65. The van der Waals surface area contributed by atoms with E-state index < -0.39 is 0 Å². The third-order valence-corrected chi connectivity index (χ3v) is 3.81. The highest BCUT2D eigenvalue weighted by atomic mass is 79.9. The van der Waals surface area contributed by atoms with Gasteiger partial charge < -0.3 is 14.8 Å². The third-order valence-electron chi connectivity index (χ3n) is 2.83. The molecule has 0 bridgehead atoms. The fourth-order valence-electron chi connectivity index (χ4n) is 1.84. The molecule has 20 heavy (non-hydrogen) atoms. The van der Waals surface area contributed by atoms with Crippen LogP contribution in [0.3, 0.4) is 0 Å². The summed E-state index contributed by atoms with van der Waals surface area (Å²) in [5.41, 5.74) is 1.01. The monoisotopic (exact) mass is 353 g/mol. The van der Waals surface area contributed by atoms with Crippen molar-refractivity contribution in [3.05, 3.63) is 51.5 Å². The van der Waals surface area contributed by atoms with E-state index in [0.29, 0.717) is 32.2 Å². The van der Waals surface area contributed by atoms with Gasteiger partial charge >= 0.3 is 0 Å². The summed E-state index contributed by atoms with van der Waals surface area (Å²) in [5.74, 6) is 0.895. The summed E-state index contributed by atoms with van der Waals surface area (Å²) in [6, 6.07) is 10.4. The van der Waals surface area contributed by atoms with Gasteiger partial charge in [-0.25, -0.2) is 0 Å². The molecule has 0 fully saturated rings. The molecule has 0 spiro atoms. The van der Waals surface area contributed by atoms with E-state index in [2.05, 4.69) is 21.2 Å². The number of rotatable bonds is 2. The number of nitrogens with one attached hydrogen (secondary N) is 1. The number of carbonyl (C=O) groups excluding carboxylic acids is 1. The van der Waals surface area contributed by atoms with E-state index in [1.165, 1.54) is 0 Å². The molecule has 0 saturated heterocycles.